The molecule has 1 aliphatic rings. The molecule has 1 saturated heterocycles. The van der Waals surface area contributed by atoms with Crippen LogP contribution in [0.1, 0.15) is 24.5 Å². The number of amides is 1. The normalized spacial score (nSPS) is 16.0. The Morgan fingerprint density at radius 2 is 1.82 bits per heavy atom. The van der Waals surface area contributed by atoms with Gasteiger partial charge in [-0.05, 0) is 55.7 Å². The largest absolute Gasteiger partial charge is 0.369 e. The summed E-state index contributed by atoms with van der Waals surface area (Å²) in [5.74, 6) is 0.0964. The van der Waals surface area contributed by atoms with Crippen LogP contribution in [0.4, 0.5) is 5.69 Å². The van der Waals surface area contributed by atoms with Crippen molar-refractivity contribution in [1.82, 2.24) is 10.2 Å². The van der Waals surface area contributed by atoms with Crippen LogP contribution in [-0.2, 0) is 11.2 Å². The van der Waals surface area contributed by atoms with Crippen molar-refractivity contribution in [2.24, 2.45) is 0 Å². The zero-order valence-corrected chi connectivity index (χ0v) is 18.4. The number of nitrogens with one attached hydrogen (secondary N) is 1. The van der Waals surface area contributed by atoms with E-state index in [1.54, 1.807) is 0 Å². The molecule has 2 aromatic rings. The molecule has 2 aromatic carbocycles. The van der Waals surface area contributed by atoms with Crippen molar-refractivity contribution in [2.75, 3.05) is 37.6 Å². The van der Waals surface area contributed by atoms with Crippen molar-refractivity contribution in [3.05, 3.63) is 64.1 Å². The predicted octanol–water partition coefficient (Wildman–Crippen LogP) is 4.02. The average Bonchev–Trinajstić information content (AvgIpc) is 2.68. The van der Waals surface area contributed by atoms with Gasteiger partial charge in [-0.25, -0.2) is 0 Å². The molecular weight excluding hydrogens is 414 g/mol. The van der Waals surface area contributed by atoms with Crippen molar-refractivity contribution in [2.45, 2.75) is 32.7 Å². The molecule has 0 aromatic heterocycles. The third-order valence-corrected chi connectivity index (χ3v) is 5.83. The van der Waals surface area contributed by atoms with E-state index in [9.17, 15) is 4.79 Å². The molecule has 0 aliphatic carbocycles. The minimum absolute atomic E-state index is 0.0964. The van der Waals surface area contributed by atoms with Gasteiger partial charge in [0.05, 0.1) is 6.42 Å². The summed E-state index contributed by atoms with van der Waals surface area (Å²) in [6, 6.07) is 16.9. The molecule has 0 bridgehead atoms. The molecule has 1 heterocycles. The molecule has 1 unspecified atom stereocenters. The molecule has 1 fully saturated rings. The minimum atomic E-state index is 0.0964. The summed E-state index contributed by atoms with van der Waals surface area (Å²) in [5, 5.41) is 3.14. The first-order chi connectivity index (χ1) is 13.5. The fraction of sp³-hybridized carbons (Fsp3) is 0.435. The van der Waals surface area contributed by atoms with E-state index in [-0.39, 0.29) is 11.9 Å². The second-order valence-electron chi connectivity index (χ2n) is 7.73. The maximum Gasteiger partial charge on any atom is 0.224 e. The number of hydrogen-bond acceptors (Lipinski definition) is 3. The van der Waals surface area contributed by atoms with Crippen LogP contribution in [0.5, 0.6) is 0 Å². The average molecular weight is 444 g/mol. The van der Waals surface area contributed by atoms with Crippen LogP contribution in [0.3, 0.4) is 0 Å². The van der Waals surface area contributed by atoms with Crippen LogP contribution in [-0.4, -0.2) is 49.6 Å². The highest BCUT2D eigenvalue weighted by atomic mass is 79.9. The number of hydrogen-bond donors (Lipinski definition) is 1. The number of halogens is 1. The Labute approximate surface area is 177 Å². The van der Waals surface area contributed by atoms with E-state index in [0.29, 0.717) is 6.42 Å². The maximum absolute atomic E-state index is 12.2. The summed E-state index contributed by atoms with van der Waals surface area (Å²) < 4.78 is 1.03. The Morgan fingerprint density at radius 3 is 2.50 bits per heavy atom. The highest BCUT2D eigenvalue weighted by molar-refractivity contribution is 9.10. The number of anilines is 1. The molecular formula is C23H30BrN3O. The van der Waals surface area contributed by atoms with E-state index in [1.165, 1.54) is 11.3 Å². The van der Waals surface area contributed by atoms with Crippen LogP contribution in [0.15, 0.2) is 53.0 Å². The molecule has 1 atom stereocenters. The van der Waals surface area contributed by atoms with Gasteiger partial charge in [-0.15, -0.1) is 0 Å². The van der Waals surface area contributed by atoms with Gasteiger partial charge in [-0.1, -0.05) is 40.2 Å². The van der Waals surface area contributed by atoms with Gasteiger partial charge >= 0.3 is 0 Å². The molecule has 0 spiro atoms. The van der Waals surface area contributed by atoms with Crippen molar-refractivity contribution < 1.29 is 4.79 Å². The number of rotatable bonds is 7. The third kappa shape index (κ3) is 6.35. The van der Waals surface area contributed by atoms with Gasteiger partial charge in [0, 0.05) is 48.9 Å². The van der Waals surface area contributed by atoms with Crippen LogP contribution < -0.4 is 10.2 Å². The van der Waals surface area contributed by atoms with Gasteiger partial charge < -0.3 is 10.2 Å². The molecule has 28 heavy (non-hydrogen) atoms. The zero-order valence-electron chi connectivity index (χ0n) is 16.8. The Kier molecular flexibility index (Phi) is 7.51. The third-order valence-electron chi connectivity index (χ3n) is 5.30. The smallest absolute Gasteiger partial charge is 0.224 e. The summed E-state index contributed by atoms with van der Waals surface area (Å²) in [6.07, 6.45) is 1.42. The summed E-state index contributed by atoms with van der Waals surface area (Å²) in [6.45, 7) is 9.55. The zero-order chi connectivity index (χ0) is 19.9. The van der Waals surface area contributed by atoms with E-state index in [2.05, 4.69) is 69.2 Å². The number of aryl methyl sites for hydroxylation is 1. The number of benzene rings is 2. The molecule has 150 valence electrons. The van der Waals surface area contributed by atoms with Gasteiger partial charge in [-0.3, -0.25) is 9.69 Å². The van der Waals surface area contributed by atoms with Crippen LogP contribution in [0.2, 0.25) is 0 Å². The number of nitrogens with zero attached hydrogens (tertiary/aromatic N) is 2. The van der Waals surface area contributed by atoms with Crippen molar-refractivity contribution in [3.8, 4) is 0 Å². The molecule has 0 radical (unpaired) electrons. The number of carbonyl (C=O) groups is 1. The summed E-state index contributed by atoms with van der Waals surface area (Å²) in [7, 11) is 0. The Morgan fingerprint density at radius 1 is 1.11 bits per heavy atom. The fourth-order valence-electron chi connectivity index (χ4n) is 3.62. The van der Waals surface area contributed by atoms with E-state index < -0.39 is 0 Å². The van der Waals surface area contributed by atoms with E-state index in [1.807, 2.05) is 24.3 Å². The molecule has 1 aliphatic heterocycles. The summed E-state index contributed by atoms with van der Waals surface area (Å²) in [4.78, 5) is 17.2. The van der Waals surface area contributed by atoms with Crippen molar-refractivity contribution in [3.63, 3.8) is 0 Å². The maximum atomic E-state index is 12.2. The van der Waals surface area contributed by atoms with Gasteiger partial charge in [0.25, 0.3) is 0 Å². The Hall–Kier alpha value is -1.85. The molecule has 3 rings (SSSR count). The lowest BCUT2D eigenvalue weighted by Crippen LogP contribution is -2.47. The highest BCUT2D eigenvalue weighted by Crippen LogP contribution is 2.18. The second-order valence-corrected chi connectivity index (χ2v) is 8.64. The van der Waals surface area contributed by atoms with Gasteiger partial charge in [0.1, 0.15) is 0 Å². The first-order valence-electron chi connectivity index (χ1n) is 10.1. The topological polar surface area (TPSA) is 35.6 Å². The lowest BCUT2D eigenvalue weighted by atomic mass is 10.1. The van der Waals surface area contributed by atoms with E-state index in [0.717, 1.165) is 49.2 Å². The molecule has 1 amide bonds. The van der Waals surface area contributed by atoms with Crippen LogP contribution in [0, 0.1) is 6.92 Å². The van der Waals surface area contributed by atoms with E-state index in [4.69, 9.17) is 0 Å². The minimum Gasteiger partial charge on any atom is -0.369 e. The Bertz CT molecular complexity index is 770. The van der Waals surface area contributed by atoms with Gasteiger partial charge in [0.2, 0.25) is 5.91 Å². The standard InChI is InChI=1S/C23H30BrN3O/c1-18-4-3-5-22(16-18)27-14-12-26(13-15-27)11-10-19(2)25-23(28)17-20-6-8-21(24)9-7-20/h3-9,16,19H,10-15,17H2,1-2H3,(H,25,28). The molecule has 1 N–H and O–H groups in total. The first-order valence-corrected chi connectivity index (χ1v) is 10.9. The second kappa shape index (κ2) is 10.1. The van der Waals surface area contributed by atoms with Crippen molar-refractivity contribution >= 4 is 27.5 Å². The highest BCUT2D eigenvalue weighted by Gasteiger charge is 2.18. The van der Waals surface area contributed by atoms with E-state index >= 15 is 0 Å². The SMILES string of the molecule is Cc1cccc(N2CCN(CCC(C)NC(=O)Cc3ccc(Br)cc3)CC2)c1. The lowest BCUT2D eigenvalue weighted by Gasteiger charge is -2.36. The molecule has 5 heteroatoms. The summed E-state index contributed by atoms with van der Waals surface area (Å²) >= 11 is 3.42. The van der Waals surface area contributed by atoms with Crippen LogP contribution >= 0.6 is 15.9 Å². The molecule has 0 saturated carbocycles. The van der Waals surface area contributed by atoms with Gasteiger partial charge in [-0.2, -0.15) is 0 Å². The lowest BCUT2D eigenvalue weighted by molar-refractivity contribution is -0.121. The quantitative estimate of drug-likeness (QED) is 0.701. The summed E-state index contributed by atoms with van der Waals surface area (Å²) in [5.41, 5.74) is 3.68. The first kappa shape index (κ1) is 20.9. The monoisotopic (exact) mass is 443 g/mol. The van der Waals surface area contributed by atoms with Crippen molar-refractivity contribution in [1.29, 1.82) is 0 Å². The fourth-order valence-corrected chi connectivity index (χ4v) is 3.88. The van der Waals surface area contributed by atoms with Gasteiger partial charge in [0.15, 0.2) is 0 Å². The van der Waals surface area contributed by atoms with Crippen LogP contribution in [0.25, 0.3) is 0 Å². The molecule has 4 nitrogen and oxygen atoms in total. The predicted molar refractivity (Wildman–Crippen MR) is 120 cm³/mol. The number of carbonyl (C=O) groups excluding carboxylic acids is 1. The Balaban J connectivity index is 1.36. The number of piperazine rings is 1.